The number of rotatable bonds is 2. The van der Waals surface area contributed by atoms with Gasteiger partial charge in [0, 0.05) is 9.13 Å². The van der Waals surface area contributed by atoms with Crippen LogP contribution in [0.3, 0.4) is 0 Å². The Morgan fingerprint density at radius 1 is 1.00 bits per heavy atom. The van der Waals surface area contributed by atoms with Gasteiger partial charge in [0.25, 0.3) is 0 Å². The van der Waals surface area contributed by atoms with Crippen LogP contribution in [0, 0.1) is 21.0 Å². The van der Waals surface area contributed by atoms with E-state index >= 15 is 0 Å². The van der Waals surface area contributed by atoms with Crippen LogP contribution in [0.15, 0.2) is 34.8 Å². The Morgan fingerprint density at radius 2 is 1.68 bits per heavy atom. The van der Waals surface area contributed by atoms with E-state index in [1.165, 1.54) is 18.2 Å². The van der Waals surface area contributed by atoms with E-state index in [2.05, 4.69) is 15.9 Å². The van der Waals surface area contributed by atoms with E-state index in [1.807, 2.05) is 22.6 Å². The Morgan fingerprint density at radius 3 is 2.32 bits per heavy atom. The molecular weight excluding hydrogens is 455 g/mol. The van der Waals surface area contributed by atoms with Crippen molar-refractivity contribution in [3.63, 3.8) is 0 Å². The highest BCUT2D eigenvalue weighted by molar-refractivity contribution is 14.1. The largest absolute Gasteiger partial charge is 0.207 e. The highest BCUT2D eigenvalue weighted by Crippen LogP contribution is 2.35. The molecule has 0 saturated heterocycles. The molecule has 2 aromatic rings. The SMILES string of the molecule is Fc1ccc(C(Cl)c2cc(F)c(Br)cc2F)c(I)c1. The average Bonchev–Trinajstić information content (AvgIpc) is 2.33. The Kier molecular flexibility index (Phi) is 4.79. The zero-order chi connectivity index (χ0) is 14.2. The number of alkyl halides is 1. The van der Waals surface area contributed by atoms with Gasteiger partial charge in [-0.25, -0.2) is 13.2 Å². The predicted molar refractivity (Wildman–Crippen MR) is 80.9 cm³/mol. The van der Waals surface area contributed by atoms with Crippen LogP contribution < -0.4 is 0 Å². The van der Waals surface area contributed by atoms with E-state index in [1.54, 1.807) is 0 Å². The van der Waals surface area contributed by atoms with E-state index in [-0.39, 0.29) is 10.0 Å². The summed E-state index contributed by atoms with van der Waals surface area (Å²) in [7, 11) is 0. The summed E-state index contributed by atoms with van der Waals surface area (Å²) >= 11 is 11.0. The van der Waals surface area contributed by atoms with E-state index < -0.39 is 22.8 Å². The molecule has 0 aliphatic heterocycles. The molecule has 0 nitrogen and oxygen atoms in total. The van der Waals surface area contributed by atoms with Crippen LogP contribution >= 0.6 is 50.1 Å². The molecular formula is C13H6BrClF3I. The summed E-state index contributed by atoms with van der Waals surface area (Å²) in [5.41, 5.74) is 0.552. The van der Waals surface area contributed by atoms with Crippen molar-refractivity contribution in [1.29, 1.82) is 0 Å². The highest BCUT2D eigenvalue weighted by Gasteiger charge is 2.20. The Hall–Kier alpha value is -0.270. The third kappa shape index (κ3) is 3.25. The van der Waals surface area contributed by atoms with Crippen molar-refractivity contribution in [2.45, 2.75) is 5.38 Å². The van der Waals surface area contributed by atoms with Crippen LogP contribution in [-0.4, -0.2) is 0 Å². The topological polar surface area (TPSA) is 0 Å². The molecule has 0 radical (unpaired) electrons. The van der Waals surface area contributed by atoms with Gasteiger partial charge in [0.15, 0.2) is 0 Å². The molecule has 0 fully saturated rings. The van der Waals surface area contributed by atoms with Gasteiger partial charge in [-0.3, -0.25) is 0 Å². The van der Waals surface area contributed by atoms with Crippen molar-refractivity contribution in [3.8, 4) is 0 Å². The van der Waals surface area contributed by atoms with Gasteiger partial charge >= 0.3 is 0 Å². The zero-order valence-corrected chi connectivity index (χ0v) is 13.7. The van der Waals surface area contributed by atoms with Gasteiger partial charge in [0.05, 0.1) is 9.85 Å². The molecule has 2 rings (SSSR count). The quantitative estimate of drug-likeness (QED) is 0.301. The van der Waals surface area contributed by atoms with Crippen molar-refractivity contribution in [3.05, 3.63) is 67.0 Å². The van der Waals surface area contributed by atoms with Gasteiger partial charge in [0.1, 0.15) is 17.5 Å². The molecule has 6 heteroatoms. The van der Waals surface area contributed by atoms with Crippen LogP contribution in [0.25, 0.3) is 0 Å². The Bertz CT molecular complexity index is 634. The summed E-state index contributed by atoms with van der Waals surface area (Å²) in [6, 6.07) is 6.06. The third-order valence-corrected chi connectivity index (χ3v) is 4.56. The van der Waals surface area contributed by atoms with Crippen molar-refractivity contribution in [2.24, 2.45) is 0 Å². The fourth-order valence-corrected chi connectivity index (χ4v) is 3.25. The van der Waals surface area contributed by atoms with Crippen molar-refractivity contribution in [2.75, 3.05) is 0 Å². The fraction of sp³-hybridized carbons (Fsp3) is 0.0769. The smallest absolute Gasteiger partial charge is 0.137 e. The third-order valence-electron chi connectivity index (χ3n) is 2.55. The molecule has 0 saturated carbocycles. The molecule has 0 spiro atoms. The summed E-state index contributed by atoms with van der Waals surface area (Å²) < 4.78 is 40.9. The second-order valence-electron chi connectivity index (χ2n) is 3.82. The maximum atomic E-state index is 13.8. The Balaban J connectivity index is 2.49. The number of hydrogen-bond acceptors (Lipinski definition) is 0. The first kappa shape index (κ1) is 15.1. The fourth-order valence-electron chi connectivity index (χ4n) is 1.61. The van der Waals surface area contributed by atoms with Crippen LogP contribution in [0.5, 0.6) is 0 Å². The minimum atomic E-state index is -0.880. The minimum absolute atomic E-state index is 0.0203. The highest BCUT2D eigenvalue weighted by atomic mass is 127. The molecule has 0 aromatic heterocycles. The van der Waals surface area contributed by atoms with E-state index in [9.17, 15) is 13.2 Å². The summed E-state index contributed by atoms with van der Waals surface area (Å²) in [6.45, 7) is 0. The first-order chi connectivity index (χ1) is 8.90. The summed E-state index contributed by atoms with van der Waals surface area (Å²) in [6.07, 6.45) is 0. The number of hydrogen-bond donors (Lipinski definition) is 0. The molecule has 0 aliphatic carbocycles. The molecule has 0 heterocycles. The molecule has 2 aromatic carbocycles. The molecule has 0 aliphatic rings. The normalized spacial score (nSPS) is 12.5. The lowest BCUT2D eigenvalue weighted by Gasteiger charge is -2.14. The Labute approximate surface area is 135 Å². The first-order valence-electron chi connectivity index (χ1n) is 5.13. The summed E-state index contributed by atoms with van der Waals surface area (Å²) in [5.74, 6) is -1.62. The van der Waals surface area contributed by atoms with Gasteiger partial charge in [-0.05, 0) is 68.3 Å². The second kappa shape index (κ2) is 6.01. The lowest BCUT2D eigenvalue weighted by Crippen LogP contribution is -2.01. The second-order valence-corrected chi connectivity index (χ2v) is 6.27. The lowest BCUT2D eigenvalue weighted by molar-refractivity contribution is 0.581. The van der Waals surface area contributed by atoms with Gasteiger partial charge < -0.3 is 0 Å². The molecule has 0 bridgehead atoms. The standard InChI is InChI=1S/C13H6BrClF3I/c14-9-5-10(17)8(4-11(9)18)13(15)7-2-1-6(16)3-12(7)19/h1-5,13H. The number of benzene rings is 2. The van der Waals surface area contributed by atoms with E-state index in [0.717, 1.165) is 12.1 Å². The minimum Gasteiger partial charge on any atom is -0.207 e. The first-order valence-corrected chi connectivity index (χ1v) is 7.44. The van der Waals surface area contributed by atoms with Crippen molar-refractivity contribution in [1.82, 2.24) is 0 Å². The molecule has 0 amide bonds. The van der Waals surface area contributed by atoms with Crippen LogP contribution in [0.1, 0.15) is 16.5 Å². The maximum absolute atomic E-state index is 13.8. The van der Waals surface area contributed by atoms with Crippen molar-refractivity contribution < 1.29 is 13.2 Å². The maximum Gasteiger partial charge on any atom is 0.137 e. The monoisotopic (exact) mass is 460 g/mol. The molecule has 1 atom stereocenters. The summed E-state index contributed by atoms with van der Waals surface area (Å²) in [4.78, 5) is 0. The molecule has 19 heavy (non-hydrogen) atoms. The number of halogens is 6. The molecule has 1 unspecified atom stereocenters. The van der Waals surface area contributed by atoms with Crippen molar-refractivity contribution >= 4 is 50.1 Å². The van der Waals surface area contributed by atoms with Gasteiger partial charge in [-0.15, -0.1) is 11.6 Å². The van der Waals surface area contributed by atoms with Gasteiger partial charge in [0.2, 0.25) is 0 Å². The lowest BCUT2D eigenvalue weighted by atomic mass is 10.0. The van der Waals surface area contributed by atoms with Crippen LogP contribution in [-0.2, 0) is 0 Å². The van der Waals surface area contributed by atoms with Gasteiger partial charge in [-0.1, -0.05) is 6.07 Å². The van der Waals surface area contributed by atoms with E-state index in [4.69, 9.17) is 11.6 Å². The van der Waals surface area contributed by atoms with Crippen LogP contribution in [0.4, 0.5) is 13.2 Å². The molecule has 100 valence electrons. The zero-order valence-electron chi connectivity index (χ0n) is 9.23. The summed E-state index contributed by atoms with van der Waals surface area (Å²) in [5, 5.41) is -0.880. The predicted octanol–water partition coefficient (Wildman–Crippen LogP) is 5.80. The molecule has 0 N–H and O–H groups in total. The van der Waals surface area contributed by atoms with Gasteiger partial charge in [-0.2, -0.15) is 0 Å². The van der Waals surface area contributed by atoms with E-state index in [0.29, 0.717) is 9.13 Å². The average molecular weight is 461 g/mol. The van der Waals surface area contributed by atoms with Crippen LogP contribution in [0.2, 0.25) is 0 Å².